The lowest BCUT2D eigenvalue weighted by Gasteiger charge is -2.29. The molecule has 18 heavy (non-hydrogen) atoms. The van der Waals surface area contributed by atoms with Gasteiger partial charge in [-0.15, -0.1) is 0 Å². The predicted octanol–water partition coefficient (Wildman–Crippen LogP) is 2.66. The van der Waals surface area contributed by atoms with E-state index in [-0.39, 0.29) is 11.2 Å². The quantitative estimate of drug-likeness (QED) is 0.689. The molecule has 0 bridgehead atoms. The van der Waals surface area contributed by atoms with Crippen molar-refractivity contribution >= 4 is 21.7 Å². The average molecular weight is 314 g/mol. The monoisotopic (exact) mass is 313 g/mol. The molecule has 2 N–H and O–H groups in total. The van der Waals surface area contributed by atoms with Crippen LogP contribution in [0.25, 0.3) is 0 Å². The zero-order valence-corrected chi connectivity index (χ0v) is 12.4. The van der Waals surface area contributed by atoms with Gasteiger partial charge in [-0.05, 0) is 28.8 Å². The summed E-state index contributed by atoms with van der Waals surface area (Å²) in [4.78, 5) is 12.8. The highest BCUT2D eigenvalue weighted by atomic mass is 79.9. The van der Waals surface area contributed by atoms with Gasteiger partial charge in [-0.3, -0.25) is 9.48 Å². The first kappa shape index (κ1) is 13.7. The SMILES string of the molecule is Cn1ncc(Br)c1C(=O)C1(CN)CCCCCC1. The Kier molecular flexibility index (Phi) is 4.22. The normalized spacial score (nSPS) is 19.5. The highest BCUT2D eigenvalue weighted by Gasteiger charge is 2.39. The van der Waals surface area contributed by atoms with E-state index >= 15 is 0 Å². The number of carbonyl (C=O) groups is 1. The van der Waals surface area contributed by atoms with Gasteiger partial charge in [0.25, 0.3) is 0 Å². The van der Waals surface area contributed by atoms with Crippen molar-refractivity contribution in [2.75, 3.05) is 6.54 Å². The number of Topliss-reactive ketones (excluding diaryl/α,β-unsaturated/α-hetero) is 1. The molecule has 0 amide bonds. The third kappa shape index (κ3) is 2.38. The summed E-state index contributed by atoms with van der Waals surface area (Å²) >= 11 is 3.41. The van der Waals surface area contributed by atoms with Crippen LogP contribution in [0.1, 0.15) is 49.0 Å². The van der Waals surface area contributed by atoms with Crippen LogP contribution < -0.4 is 5.73 Å². The number of ketones is 1. The third-order valence-corrected chi connectivity index (χ3v) is 4.62. The first-order valence-corrected chi connectivity index (χ1v) is 7.32. The number of rotatable bonds is 3. The maximum atomic E-state index is 12.8. The molecule has 4 nitrogen and oxygen atoms in total. The van der Waals surface area contributed by atoms with Gasteiger partial charge in [0.15, 0.2) is 5.78 Å². The Morgan fingerprint density at radius 3 is 2.50 bits per heavy atom. The van der Waals surface area contributed by atoms with Crippen LogP contribution in [-0.4, -0.2) is 22.1 Å². The molecule has 1 aliphatic rings. The van der Waals surface area contributed by atoms with Crippen LogP contribution >= 0.6 is 15.9 Å². The van der Waals surface area contributed by atoms with Gasteiger partial charge in [-0.25, -0.2) is 0 Å². The van der Waals surface area contributed by atoms with Crippen molar-refractivity contribution in [2.24, 2.45) is 18.2 Å². The molecule has 0 aliphatic heterocycles. The van der Waals surface area contributed by atoms with Crippen molar-refractivity contribution in [1.29, 1.82) is 0 Å². The third-order valence-electron chi connectivity index (χ3n) is 4.04. The highest BCUT2D eigenvalue weighted by Crippen LogP contribution is 2.38. The lowest BCUT2D eigenvalue weighted by atomic mass is 9.75. The number of hydrogen-bond donors (Lipinski definition) is 1. The van der Waals surface area contributed by atoms with E-state index in [1.807, 2.05) is 0 Å². The minimum absolute atomic E-state index is 0.152. The molecule has 2 rings (SSSR count). The van der Waals surface area contributed by atoms with E-state index in [0.29, 0.717) is 12.2 Å². The maximum absolute atomic E-state index is 12.8. The Bertz CT molecular complexity index is 414. The zero-order chi connectivity index (χ0) is 13.2. The van der Waals surface area contributed by atoms with Crippen molar-refractivity contribution in [3.8, 4) is 0 Å². The Hall–Kier alpha value is -0.680. The minimum atomic E-state index is -0.382. The largest absolute Gasteiger partial charge is 0.329 e. The number of nitrogens with two attached hydrogens (primary N) is 1. The Balaban J connectivity index is 2.35. The molecule has 0 radical (unpaired) electrons. The Morgan fingerprint density at radius 1 is 1.44 bits per heavy atom. The van der Waals surface area contributed by atoms with E-state index < -0.39 is 0 Å². The summed E-state index contributed by atoms with van der Waals surface area (Å²) < 4.78 is 2.42. The zero-order valence-electron chi connectivity index (χ0n) is 10.8. The van der Waals surface area contributed by atoms with E-state index in [1.165, 1.54) is 12.8 Å². The molecule has 0 unspecified atom stereocenters. The van der Waals surface area contributed by atoms with E-state index in [2.05, 4.69) is 21.0 Å². The number of aromatic nitrogens is 2. The molecule has 1 aliphatic carbocycles. The molecule has 1 aromatic rings. The van der Waals surface area contributed by atoms with Crippen LogP contribution in [0.4, 0.5) is 0 Å². The molecule has 1 heterocycles. The van der Waals surface area contributed by atoms with E-state index in [9.17, 15) is 4.79 Å². The van der Waals surface area contributed by atoms with Crippen molar-refractivity contribution in [1.82, 2.24) is 9.78 Å². The van der Waals surface area contributed by atoms with Crippen molar-refractivity contribution in [2.45, 2.75) is 38.5 Å². The lowest BCUT2D eigenvalue weighted by Crippen LogP contribution is -2.39. The van der Waals surface area contributed by atoms with Crippen molar-refractivity contribution in [3.63, 3.8) is 0 Å². The molecule has 0 saturated heterocycles. The fraction of sp³-hybridized carbons (Fsp3) is 0.692. The molecular weight excluding hydrogens is 294 g/mol. The maximum Gasteiger partial charge on any atom is 0.189 e. The van der Waals surface area contributed by atoms with Crippen LogP contribution in [0.2, 0.25) is 0 Å². The van der Waals surface area contributed by atoms with Crippen LogP contribution in [-0.2, 0) is 7.05 Å². The summed E-state index contributed by atoms with van der Waals surface area (Å²) in [6.07, 6.45) is 8.09. The fourth-order valence-electron chi connectivity index (χ4n) is 2.85. The number of carbonyl (C=O) groups excluding carboxylic acids is 1. The van der Waals surface area contributed by atoms with Gasteiger partial charge in [0.1, 0.15) is 5.69 Å². The smallest absolute Gasteiger partial charge is 0.189 e. The minimum Gasteiger partial charge on any atom is -0.329 e. The lowest BCUT2D eigenvalue weighted by molar-refractivity contribution is 0.0762. The highest BCUT2D eigenvalue weighted by molar-refractivity contribution is 9.10. The molecule has 1 fully saturated rings. The first-order valence-electron chi connectivity index (χ1n) is 6.53. The second-order valence-corrected chi connectivity index (χ2v) is 6.05. The van der Waals surface area contributed by atoms with Gasteiger partial charge in [-0.1, -0.05) is 25.7 Å². The molecule has 1 saturated carbocycles. The summed E-state index contributed by atoms with van der Waals surface area (Å²) in [6, 6.07) is 0. The molecule has 5 heteroatoms. The fourth-order valence-corrected chi connectivity index (χ4v) is 3.37. The number of aryl methyl sites for hydroxylation is 1. The molecule has 100 valence electrons. The van der Waals surface area contributed by atoms with Gasteiger partial charge >= 0.3 is 0 Å². The predicted molar refractivity (Wildman–Crippen MR) is 74.4 cm³/mol. The Morgan fingerprint density at radius 2 is 2.06 bits per heavy atom. The molecule has 0 atom stereocenters. The van der Waals surface area contributed by atoms with Gasteiger partial charge < -0.3 is 5.73 Å². The average Bonchev–Trinajstić information content (AvgIpc) is 2.59. The topological polar surface area (TPSA) is 60.9 Å². The van der Waals surface area contributed by atoms with Crippen molar-refractivity contribution < 1.29 is 4.79 Å². The van der Waals surface area contributed by atoms with Crippen LogP contribution in [0, 0.1) is 5.41 Å². The number of hydrogen-bond acceptors (Lipinski definition) is 3. The summed E-state index contributed by atoms with van der Waals surface area (Å²) in [7, 11) is 1.80. The van der Waals surface area contributed by atoms with E-state index in [0.717, 1.165) is 30.2 Å². The van der Waals surface area contributed by atoms with Gasteiger partial charge in [0, 0.05) is 19.0 Å². The van der Waals surface area contributed by atoms with Gasteiger partial charge in [0.2, 0.25) is 0 Å². The summed E-state index contributed by atoms with van der Waals surface area (Å²) in [5.74, 6) is 0.152. The van der Waals surface area contributed by atoms with E-state index in [1.54, 1.807) is 17.9 Å². The Labute approximate surface area is 116 Å². The van der Waals surface area contributed by atoms with Gasteiger partial charge in [0.05, 0.1) is 10.7 Å². The standard InChI is InChI=1S/C13H20BrN3O/c1-17-11(10(14)8-16-17)12(18)13(9-15)6-4-2-3-5-7-13/h8H,2-7,9,15H2,1H3. The van der Waals surface area contributed by atoms with Crippen LogP contribution in [0.3, 0.4) is 0 Å². The van der Waals surface area contributed by atoms with Crippen LogP contribution in [0.15, 0.2) is 10.7 Å². The second-order valence-electron chi connectivity index (χ2n) is 5.19. The van der Waals surface area contributed by atoms with Crippen LogP contribution in [0.5, 0.6) is 0 Å². The number of nitrogens with zero attached hydrogens (tertiary/aromatic N) is 2. The summed E-state index contributed by atoms with van der Waals surface area (Å²) in [5.41, 5.74) is 6.22. The summed E-state index contributed by atoms with van der Waals surface area (Å²) in [6.45, 7) is 0.434. The second kappa shape index (κ2) is 5.53. The molecule has 0 spiro atoms. The first-order chi connectivity index (χ1) is 8.60. The summed E-state index contributed by atoms with van der Waals surface area (Å²) in [5, 5.41) is 4.13. The van der Waals surface area contributed by atoms with E-state index in [4.69, 9.17) is 5.73 Å². The number of halogens is 1. The van der Waals surface area contributed by atoms with Crippen molar-refractivity contribution in [3.05, 3.63) is 16.4 Å². The van der Waals surface area contributed by atoms with Gasteiger partial charge in [-0.2, -0.15) is 5.10 Å². The molecular formula is C13H20BrN3O. The molecule has 0 aromatic carbocycles. The molecule has 1 aromatic heterocycles.